The Bertz CT molecular complexity index is 1970. The van der Waals surface area contributed by atoms with Gasteiger partial charge in [-0.05, 0) is 151 Å². The molecule has 28 heteroatoms. The van der Waals surface area contributed by atoms with E-state index in [0.717, 1.165) is 122 Å². The highest BCUT2D eigenvalue weighted by atomic mass is 32.2. The first-order valence-electron chi connectivity index (χ1n) is 27.1. The molecule has 24 nitrogen and oxygen atoms in total. The van der Waals surface area contributed by atoms with Gasteiger partial charge in [-0.25, -0.2) is 10.5 Å². The first kappa shape index (κ1) is 55.1. The zero-order valence-corrected chi connectivity index (χ0v) is 44.4. The molecule has 0 spiro atoms. The van der Waals surface area contributed by atoms with Crippen molar-refractivity contribution in [3.8, 4) is 0 Å². The minimum absolute atomic E-state index is 0.0229. The highest BCUT2D eigenvalue weighted by Crippen LogP contribution is 2.49. The summed E-state index contributed by atoms with van der Waals surface area (Å²) in [7, 11) is -8.74. The fraction of sp³-hybridized carbons (Fsp3) is 1.00. The van der Waals surface area contributed by atoms with Crippen LogP contribution in [-0.2, 0) is 39.0 Å². The minimum Gasteiger partial charge on any atom is -0.286 e. The molecule has 0 radical (unpaired) electrons. The van der Waals surface area contributed by atoms with E-state index < -0.39 is 49.0 Å². The summed E-state index contributed by atoms with van der Waals surface area (Å²) in [5.74, 6) is 0.986. The van der Waals surface area contributed by atoms with Gasteiger partial charge in [-0.2, -0.15) is 16.8 Å². The maximum absolute atomic E-state index is 13.2. The Morgan fingerprint density at radius 2 is 0.944 bits per heavy atom. The van der Waals surface area contributed by atoms with Crippen molar-refractivity contribution in [3.63, 3.8) is 0 Å². The molecule has 0 amide bonds. The van der Waals surface area contributed by atoms with Gasteiger partial charge in [0.05, 0.1) is 10.5 Å². The van der Waals surface area contributed by atoms with Gasteiger partial charge in [0.15, 0.2) is 0 Å². The van der Waals surface area contributed by atoms with E-state index in [1.54, 1.807) is 0 Å². The molecule has 6 saturated carbocycles. The lowest BCUT2D eigenvalue weighted by molar-refractivity contribution is -0.432. The molecule has 414 valence electrons. The minimum atomic E-state index is -4.50. The molecule has 14 N–H and O–H groups in total. The van der Waals surface area contributed by atoms with Gasteiger partial charge >= 0.3 is 0 Å². The number of nitrogens with one attached hydrogen (secondary N) is 10. The summed E-state index contributed by atoms with van der Waals surface area (Å²) in [4.78, 5) is 4.87. The lowest BCUT2D eigenvalue weighted by atomic mass is 9.66. The third kappa shape index (κ3) is 13.3. The molecule has 4 heterocycles. The fourth-order valence-corrected chi connectivity index (χ4v) is 19.5. The summed E-state index contributed by atoms with van der Waals surface area (Å²) in [5, 5.41) is 62.7. The van der Waals surface area contributed by atoms with Crippen LogP contribution in [0.4, 0.5) is 0 Å². The summed E-state index contributed by atoms with van der Waals surface area (Å²) >= 11 is 2.36. The Balaban J connectivity index is 0.793. The highest BCUT2D eigenvalue weighted by molar-refractivity contribution is 7.95. The van der Waals surface area contributed by atoms with Gasteiger partial charge in [0.1, 0.15) is 43.0 Å². The van der Waals surface area contributed by atoms with E-state index in [-0.39, 0.29) is 78.8 Å². The number of hydrogen-bond donors (Lipinski definition) is 14. The maximum Gasteiger partial charge on any atom is 0.269 e. The summed E-state index contributed by atoms with van der Waals surface area (Å²) in [6.07, 6.45) is 16.1. The van der Waals surface area contributed by atoms with Crippen molar-refractivity contribution in [3.05, 3.63) is 0 Å². The molecule has 20 atom stereocenters. The van der Waals surface area contributed by atoms with E-state index in [1.807, 2.05) is 0 Å². The molecule has 72 heavy (non-hydrogen) atoms. The van der Waals surface area contributed by atoms with E-state index in [0.29, 0.717) is 42.9 Å². The normalized spacial score (nSPS) is 44.8. The second-order valence-electron chi connectivity index (χ2n) is 22.6. The van der Waals surface area contributed by atoms with E-state index in [1.165, 1.54) is 24.1 Å². The average Bonchev–Trinajstić information content (AvgIpc) is 4.12. The van der Waals surface area contributed by atoms with Crippen molar-refractivity contribution in [2.45, 2.75) is 211 Å². The van der Waals surface area contributed by atoms with Crippen LogP contribution in [0.15, 0.2) is 0 Å². The van der Waals surface area contributed by atoms with Crippen LogP contribution in [0.1, 0.15) is 128 Å². The molecular formula is C44H82N12O12S4. The number of hydrogen-bond acceptors (Lipinski definition) is 24. The molecule has 10 aliphatic rings. The van der Waals surface area contributed by atoms with Crippen LogP contribution in [0.25, 0.3) is 0 Å². The number of rotatable bonds is 18. The standard InChI is InChI=1S/C44H82N12O12S4/c57-65-67-69-27-13-15-29-25(23-27)11-17-35(37(29)70-68-66-58)47-41-49-39(51-43(53-41)55-19-1-2-20-55)45-33-9-5-8-32-31(33)7-6-10-34(32)46-40-50-42(54-44(52-40)56-21-3-4-22-56)48-36-18-12-26-24-28(71(59,60)61)14-16-30(26)38(36)72(62,63)64/h25-54,57-58H,1-24H2,(H,59,60,61)(H,62,63,64). The van der Waals surface area contributed by atoms with Gasteiger partial charge in [-0.1, -0.05) is 22.9 Å². The average molecular weight is 1100 g/mol. The monoisotopic (exact) mass is 1100 g/mol. The Hall–Kier alpha value is -0.200. The maximum atomic E-state index is 13.2. The molecule has 0 aromatic carbocycles. The number of likely N-dealkylation sites (tertiary alicyclic amines) is 2. The Morgan fingerprint density at radius 1 is 0.458 bits per heavy atom. The van der Waals surface area contributed by atoms with Crippen LogP contribution in [-0.4, -0.2) is 155 Å². The summed E-state index contributed by atoms with van der Waals surface area (Å²) in [6.45, 7) is 3.89. The number of nitrogens with zero attached hydrogens (tertiary/aromatic N) is 2. The predicted octanol–water partition coefficient (Wildman–Crippen LogP) is 1.69. The van der Waals surface area contributed by atoms with Gasteiger partial charge in [0.2, 0.25) is 0 Å². The van der Waals surface area contributed by atoms with E-state index in [2.05, 4.69) is 73.0 Å². The van der Waals surface area contributed by atoms with Gasteiger partial charge in [-0.15, -0.1) is 8.67 Å². The molecular weight excluding hydrogens is 1020 g/mol. The van der Waals surface area contributed by atoms with E-state index in [9.17, 15) is 31.2 Å². The van der Waals surface area contributed by atoms with Crippen molar-refractivity contribution in [2.24, 2.45) is 35.5 Å². The van der Waals surface area contributed by atoms with Crippen molar-refractivity contribution in [1.29, 1.82) is 0 Å². The van der Waals surface area contributed by atoms with Crippen molar-refractivity contribution in [1.82, 2.24) is 63.0 Å². The van der Waals surface area contributed by atoms with Gasteiger partial charge in [0.25, 0.3) is 20.2 Å². The van der Waals surface area contributed by atoms with Crippen LogP contribution in [0.5, 0.6) is 0 Å². The van der Waals surface area contributed by atoms with Gasteiger partial charge < -0.3 is 0 Å². The van der Waals surface area contributed by atoms with Crippen molar-refractivity contribution < 1.29 is 55.2 Å². The smallest absolute Gasteiger partial charge is 0.269 e. The first-order valence-corrected chi connectivity index (χ1v) is 31.7. The molecule has 10 fully saturated rings. The van der Waals surface area contributed by atoms with Crippen LogP contribution >= 0.6 is 24.1 Å². The summed E-state index contributed by atoms with van der Waals surface area (Å²) in [6, 6.07) is 0.00316. The largest absolute Gasteiger partial charge is 0.286 e. The van der Waals surface area contributed by atoms with Gasteiger partial charge in [-0.3, -0.25) is 72.1 Å². The van der Waals surface area contributed by atoms with E-state index >= 15 is 0 Å². The fourth-order valence-electron chi connectivity index (χ4n) is 15.5. The first-order chi connectivity index (χ1) is 34.8. The lowest BCUT2D eigenvalue weighted by Crippen LogP contribution is -2.80. The molecule has 10 rings (SSSR count). The van der Waals surface area contributed by atoms with Crippen molar-refractivity contribution in [2.75, 3.05) is 26.2 Å². The SMILES string of the molecule is O=S(=O)(O)C1CCC2C(CCC(NC3NC(NC4CCCC5C(NC6NC(NC7CCC8CC(SOOO)CCC8C7SOOO)NC(N7CCCC7)N6)CCCC45)NC(N4CCCC4)N3)C2S(=O)(=O)O)C1. The Labute approximate surface area is 433 Å². The van der Waals surface area contributed by atoms with Gasteiger partial charge in [0, 0.05) is 79.7 Å². The number of fused-ring (bicyclic) bond motifs is 3. The second kappa shape index (κ2) is 24.9. The van der Waals surface area contributed by atoms with Crippen LogP contribution in [0.2, 0.25) is 0 Å². The second-order valence-corrected chi connectivity index (χ2v) is 27.8. The van der Waals surface area contributed by atoms with Crippen LogP contribution < -0.4 is 53.2 Å². The van der Waals surface area contributed by atoms with Crippen LogP contribution in [0.3, 0.4) is 0 Å². The molecule has 6 aliphatic carbocycles. The quantitative estimate of drug-likeness (QED) is 0.0402. The van der Waals surface area contributed by atoms with Crippen LogP contribution in [0, 0.1) is 35.5 Å². The third-order valence-electron chi connectivity index (χ3n) is 18.7. The van der Waals surface area contributed by atoms with E-state index in [4.69, 9.17) is 13.9 Å². The molecule has 20 unspecified atom stereocenters. The Morgan fingerprint density at radius 3 is 1.47 bits per heavy atom. The molecule has 4 saturated heterocycles. The zero-order valence-electron chi connectivity index (χ0n) is 41.1. The summed E-state index contributed by atoms with van der Waals surface area (Å²) in [5.41, 5.74) is 0. The molecule has 4 aliphatic heterocycles. The third-order valence-corrected chi connectivity index (χ3v) is 23.2. The summed E-state index contributed by atoms with van der Waals surface area (Å²) < 4.78 is 81.0. The lowest BCUT2D eigenvalue weighted by Gasteiger charge is -2.52. The zero-order chi connectivity index (χ0) is 50.0. The van der Waals surface area contributed by atoms with Crippen molar-refractivity contribution >= 4 is 44.3 Å². The predicted molar refractivity (Wildman–Crippen MR) is 269 cm³/mol. The molecule has 0 bridgehead atoms. The highest BCUT2D eigenvalue weighted by Gasteiger charge is 2.52. The Kier molecular flexibility index (Phi) is 19.0. The molecule has 0 aromatic heterocycles. The molecule has 0 aromatic rings. The topological polar surface area (TPSA) is 313 Å².